The normalized spacial score (nSPS) is 10.5. The molecule has 0 saturated heterocycles. The van der Waals surface area contributed by atoms with Crippen LogP contribution in [-0.2, 0) is 12.3 Å². The minimum absolute atomic E-state index is 0.196. The molecule has 0 atom stereocenters. The van der Waals surface area contributed by atoms with Crippen LogP contribution in [0.25, 0.3) is 0 Å². The first-order valence-corrected chi connectivity index (χ1v) is 6.95. The summed E-state index contributed by atoms with van der Waals surface area (Å²) in [5.41, 5.74) is 6.98. The van der Waals surface area contributed by atoms with Crippen LogP contribution in [0.5, 0.6) is 5.75 Å². The molecule has 0 unspecified atom stereocenters. The highest BCUT2D eigenvalue weighted by Gasteiger charge is 2.04. The number of rotatable bonds is 5. The van der Waals surface area contributed by atoms with Crippen LogP contribution in [0.4, 0.5) is 4.39 Å². The second kappa shape index (κ2) is 6.59. The van der Waals surface area contributed by atoms with Crippen molar-refractivity contribution in [3.63, 3.8) is 0 Å². The van der Waals surface area contributed by atoms with E-state index in [1.807, 2.05) is 30.3 Å². The average Bonchev–Trinajstić information content (AvgIpc) is 2.46. The van der Waals surface area contributed by atoms with E-state index in [1.165, 1.54) is 6.07 Å². The monoisotopic (exact) mass is 277 g/mol. The molecule has 0 amide bonds. The molecule has 2 aromatic carbocycles. The third kappa shape index (κ3) is 3.72. The Labute approximate surface area is 116 Å². The molecule has 19 heavy (non-hydrogen) atoms. The third-order valence-electron chi connectivity index (χ3n) is 2.79. The van der Waals surface area contributed by atoms with Crippen molar-refractivity contribution in [2.75, 3.05) is 7.11 Å². The summed E-state index contributed by atoms with van der Waals surface area (Å²) in [7, 11) is 1.63. The smallest absolute Gasteiger partial charge is 0.127 e. The molecule has 0 bridgehead atoms. The maximum atomic E-state index is 13.8. The van der Waals surface area contributed by atoms with E-state index in [2.05, 4.69) is 0 Å². The summed E-state index contributed by atoms with van der Waals surface area (Å²) in [6.07, 6.45) is 0. The molecule has 0 aliphatic rings. The van der Waals surface area contributed by atoms with Gasteiger partial charge in [0.1, 0.15) is 11.6 Å². The summed E-state index contributed by atoms with van der Waals surface area (Å²) in [4.78, 5) is 1.06. The van der Waals surface area contributed by atoms with Gasteiger partial charge in [0.2, 0.25) is 0 Å². The van der Waals surface area contributed by atoms with Crippen molar-refractivity contribution in [2.45, 2.75) is 17.2 Å². The average molecular weight is 277 g/mol. The van der Waals surface area contributed by atoms with E-state index in [0.717, 1.165) is 16.2 Å². The van der Waals surface area contributed by atoms with E-state index >= 15 is 0 Å². The van der Waals surface area contributed by atoms with Gasteiger partial charge in [0.05, 0.1) is 7.11 Å². The zero-order chi connectivity index (χ0) is 13.7. The summed E-state index contributed by atoms with van der Waals surface area (Å²) < 4.78 is 19.0. The van der Waals surface area contributed by atoms with Crippen LogP contribution in [-0.4, -0.2) is 7.11 Å². The van der Waals surface area contributed by atoms with Crippen LogP contribution < -0.4 is 10.5 Å². The first-order valence-electron chi connectivity index (χ1n) is 5.97. The van der Waals surface area contributed by atoms with E-state index < -0.39 is 0 Å². The molecule has 0 radical (unpaired) electrons. The van der Waals surface area contributed by atoms with Gasteiger partial charge in [-0.15, -0.1) is 11.8 Å². The lowest BCUT2D eigenvalue weighted by molar-refractivity contribution is 0.413. The molecule has 4 heteroatoms. The molecule has 2 aromatic rings. The van der Waals surface area contributed by atoms with Crippen molar-refractivity contribution in [3.05, 3.63) is 59.4 Å². The minimum atomic E-state index is -0.196. The standard InChI is InChI=1S/C15H16FNOS/c1-18-13-3-2-4-14(8-13)19-10-12-6-5-11(9-17)7-15(12)16/h2-8H,9-10,17H2,1H3. The molecular formula is C15H16FNOS. The van der Waals surface area contributed by atoms with Crippen LogP contribution in [0.1, 0.15) is 11.1 Å². The molecule has 0 aromatic heterocycles. The van der Waals surface area contributed by atoms with Gasteiger partial charge in [-0.05, 0) is 35.4 Å². The summed E-state index contributed by atoms with van der Waals surface area (Å²) in [5, 5.41) is 0. The van der Waals surface area contributed by atoms with E-state index in [9.17, 15) is 4.39 Å². The molecular weight excluding hydrogens is 261 g/mol. The fourth-order valence-electron chi connectivity index (χ4n) is 1.69. The Kier molecular flexibility index (Phi) is 4.82. The number of halogens is 1. The Morgan fingerprint density at radius 3 is 2.74 bits per heavy atom. The Hall–Kier alpha value is -1.52. The quantitative estimate of drug-likeness (QED) is 0.848. The van der Waals surface area contributed by atoms with E-state index in [1.54, 1.807) is 24.9 Å². The van der Waals surface area contributed by atoms with E-state index in [0.29, 0.717) is 17.9 Å². The number of methoxy groups -OCH3 is 1. The Balaban J connectivity index is 2.05. The Bertz CT molecular complexity index is 560. The zero-order valence-electron chi connectivity index (χ0n) is 10.7. The van der Waals surface area contributed by atoms with Crippen molar-refractivity contribution < 1.29 is 9.13 Å². The van der Waals surface area contributed by atoms with Crippen LogP contribution in [0.2, 0.25) is 0 Å². The van der Waals surface area contributed by atoms with Crippen LogP contribution in [0, 0.1) is 5.82 Å². The highest BCUT2D eigenvalue weighted by Crippen LogP contribution is 2.27. The molecule has 0 aliphatic carbocycles. The van der Waals surface area contributed by atoms with Gasteiger partial charge in [-0.1, -0.05) is 18.2 Å². The zero-order valence-corrected chi connectivity index (χ0v) is 11.5. The number of benzene rings is 2. The fourth-order valence-corrected chi connectivity index (χ4v) is 2.62. The molecule has 100 valence electrons. The van der Waals surface area contributed by atoms with Gasteiger partial charge < -0.3 is 10.5 Å². The molecule has 0 saturated carbocycles. The number of hydrogen-bond acceptors (Lipinski definition) is 3. The lowest BCUT2D eigenvalue weighted by atomic mass is 10.1. The molecule has 0 spiro atoms. The van der Waals surface area contributed by atoms with E-state index in [-0.39, 0.29) is 5.82 Å². The predicted octanol–water partition coefficient (Wildman–Crippen LogP) is 3.59. The number of ether oxygens (including phenoxy) is 1. The number of thioether (sulfide) groups is 1. The predicted molar refractivity (Wildman–Crippen MR) is 76.8 cm³/mol. The molecule has 2 nitrogen and oxygen atoms in total. The summed E-state index contributed by atoms with van der Waals surface area (Å²) in [6.45, 7) is 0.361. The van der Waals surface area contributed by atoms with Gasteiger partial charge in [0.15, 0.2) is 0 Å². The topological polar surface area (TPSA) is 35.2 Å². The molecule has 0 heterocycles. The highest BCUT2D eigenvalue weighted by atomic mass is 32.2. The molecule has 0 fully saturated rings. The van der Waals surface area contributed by atoms with Gasteiger partial charge in [0, 0.05) is 17.2 Å². The summed E-state index contributed by atoms with van der Waals surface area (Å²) in [5.74, 6) is 1.20. The van der Waals surface area contributed by atoms with Crippen molar-refractivity contribution in [2.24, 2.45) is 5.73 Å². The van der Waals surface area contributed by atoms with Gasteiger partial charge in [-0.3, -0.25) is 0 Å². The first kappa shape index (κ1) is 13.9. The van der Waals surface area contributed by atoms with Gasteiger partial charge in [-0.2, -0.15) is 0 Å². The summed E-state index contributed by atoms with van der Waals surface area (Å²) >= 11 is 1.58. The molecule has 2 rings (SSSR count). The largest absolute Gasteiger partial charge is 0.497 e. The van der Waals surface area contributed by atoms with Crippen LogP contribution in [0.15, 0.2) is 47.4 Å². The maximum Gasteiger partial charge on any atom is 0.127 e. The van der Waals surface area contributed by atoms with Gasteiger partial charge >= 0.3 is 0 Å². The van der Waals surface area contributed by atoms with Crippen LogP contribution in [0.3, 0.4) is 0 Å². The highest BCUT2D eigenvalue weighted by molar-refractivity contribution is 7.98. The minimum Gasteiger partial charge on any atom is -0.497 e. The summed E-state index contributed by atoms with van der Waals surface area (Å²) in [6, 6.07) is 12.9. The fraction of sp³-hybridized carbons (Fsp3) is 0.200. The number of hydrogen-bond donors (Lipinski definition) is 1. The van der Waals surface area contributed by atoms with Gasteiger partial charge in [-0.25, -0.2) is 4.39 Å². The van der Waals surface area contributed by atoms with Crippen molar-refractivity contribution >= 4 is 11.8 Å². The van der Waals surface area contributed by atoms with Crippen molar-refractivity contribution in [1.82, 2.24) is 0 Å². The number of nitrogens with two attached hydrogens (primary N) is 1. The van der Waals surface area contributed by atoms with Crippen molar-refractivity contribution in [3.8, 4) is 5.75 Å². The second-order valence-corrected chi connectivity index (χ2v) is 5.15. The lowest BCUT2D eigenvalue weighted by Gasteiger charge is -2.06. The van der Waals surface area contributed by atoms with E-state index in [4.69, 9.17) is 10.5 Å². The van der Waals surface area contributed by atoms with Crippen LogP contribution >= 0.6 is 11.8 Å². The second-order valence-electron chi connectivity index (χ2n) is 4.10. The SMILES string of the molecule is COc1cccc(SCc2ccc(CN)cc2F)c1. The maximum absolute atomic E-state index is 13.8. The molecule has 2 N–H and O–H groups in total. The Morgan fingerprint density at radius 2 is 2.05 bits per heavy atom. The molecule has 0 aliphatic heterocycles. The Morgan fingerprint density at radius 1 is 1.21 bits per heavy atom. The lowest BCUT2D eigenvalue weighted by Crippen LogP contribution is -1.98. The third-order valence-corrected chi connectivity index (χ3v) is 3.83. The first-order chi connectivity index (χ1) is 9.22. The van der Waals surface area contributed by atoms with Crippen molar-refractivity contribution in [1.29, 1.82) is 0 Å². The van der Waals surface area contributed by atoms with Gasteiger partial charge in [0.25, 0.3) is 0 Å².